The minimum absolute atomic E-state index is 0.0304. The van der Waals surface area contributed by atoms with Crippen molar-refractivity contribution in [3.05, 3.63) is 83.9 Å². The maximum Gasteiger partial charge on any atom is 0.260 e. The number of nitrogens with zero attached hydrogens (tertiary/aromatic N) is 2. The van der Waals surface area contributed by atoms with Crippen LogP contribution in [0.1, 0.15) is 35.7 Å². The van der Waals surface area contributed by atoms with Crippen LogP contribution >= 0.6 is 11.3 Å². The molecular weight excluding hydrogens is 416 g/mol. The third kappa shape index (κ3) is 4.18. The largest absolute Gasteiger partial charge is 0.376 e. The number of anilines is 1. The number of thiazole rings is 1. The van der Waals surface area contributed by atoms with Crippen molar-refractivity contribution in [2.75, 3.05) is 18.1 Å². The Morgan fingerprint density at radius 3 is 2.53 bits per heavy atom. The van der Waals surface area contributed by atoms with Crippen molar-refractivity contribution in [3.63, 3.8) is 0 Å². The fourth-order valence-electron chi connectivity index (χ4n) is 4.23. The minimum atomic E-state index is -0.0304. The Morgan fingerprint density at radius 2 is 1.81 bits per heavy atom. The molecule has 1 unspecified atom stereocenters. The van der Waals surface area contributed by atoms with Crippen LogP contribution in [0.25, 0.3) is 21.3 Å². The number of fused-ring (bicyclic) bond motifs is 1. The van der Waals surface area contributed by atoms with Gasteiger partial charge in [-0.2, -0.15) is 0 Å². The number of ether oxygens (including phenoxy) is 1. The van der Waals surface area contributed by atoms with E-state index in [1.54, 1.807) is 11.3 Å². The lowest BCUT2D eigenvalue weighted by Gasteiger charge is -2.23. The Balaban J connectivity index is 1.48. The van der Waals surface area contributed by atoms with Crippen molar-refractivity contribution in [1.29, 1.82) is 0 Å². The number of amides is 1. The van der Waals surface area contributed by atoms with Crippen molar-refractivity contribution >= 4 is 32.6 Å². The van der Waals surface area contributed by atoms with Gasteiger partial charge in [-0.25, -0.2) is 4.98 Å². The molecule has 1 atom stereocenters. The fourth-order valence-corrected chi connectivity index (χ4v) is 5.25. The molecule has 0 bridgehead atoms. The summed E-state index contributed by atoms with van der Waals surface area (Å²) in [5.74, 6) is -0.0304. The van der Waals surface area contributed by atoms with Gasteiger partial charge < -0.3 is 4.74 Å². The lowest BCUT2D eigenvalue weighted by molar-refractivity contribution is 0.0917. The van der Waals surface area contributed by atoms with E-state index in [0.717, 1.165) is 52.3 Å². The van der Waals surface area contributed by atoms with E-state index in [1.807, 2.05) is 47.4 Å². The quantitative estimate of drug-likeness (QED) is 0.349. The van der Waals surface area contributed by atoms with E-state index in [9.17, 15) is 4.79 Å². The second kappa shape index (κ2) is 9.23. The van der Waals surface area contributed by atoms with Gasteiger partial charge in [0.1, 0.15) is 0 Å². The predicted octanol–water partition coefficient (Wildman–Crippen LogP) is 6.35. The van der Waals surface area contributed by atoms with Gasteiger partial charge in [0.2, 0.25) is 0 Å². The number of hydrogen-bond acceptors (Lipinski definition) is 4. The van der Waals surface area contributed by atoms with Crippen LogP contribution in [-0.4, -0.2) is 30.1 Å². The van der Waals surface area contributed by atoms with E-state index in [4.69, 9.17) is 9.72 Å². The molecule has 5 heteroatoms. The van der Waals surface area contributed by atoms with Gasteiger partial charge in [-0.1, -0.05) is 72.9 Å². The van der Waals surface area contributed by atoms with Crippen LogP contribution in [0.5, 0.6) is 0 Å². The van der Waals surface area contributed by atoms with E-state index >= 15 is 0 Å². The third-order valence-electron chi connectivity index (χ3n) is 6.00. The Bertz CT molecular complexity index is 1210. The average molecular weight is 443 g/mol. The van der Waals surface area contributed by atoms with Crippen molar-refractivity contribution in [1.82, 2.24) is 4.98 Å². The predicted molar refractivity (Wildman–Crippen MR) is 132 cm³/mol. The number of benzene rings is 3. The molecule has 162 valence electrons. The summed E-state index contributed by atoms with van der Waals surface area (Å²) >= 11 is 1.58. The summed E-state index contributed by atoms with van der Waals surface area (Å²) < 4.78 is 6.98. The zero-order valence-corrected chi connectivity index (χ0v) is 19.0. The van der Waals surface area contributed by atoms with Crippen LogP contribution < -0.4 is 4.90 Å². The van der Waals surface area contributed by atoms with Gasteiger partial charge in [0, 0.05) is 12.2 Å². The molecule has 0 spiro atoms. The van der Waals surface area contributed by atoms with Gasteiger partial charge in [0.25, 0.3) is 5.91 Å². The molecule has 1 saturated heterocycles. The standard InChI is InChI=1S/C27H26N2O2S/c1-2-19-10-6-12-24-25(19)28-27(32-24)29(18-23-11-7-17-31-23)26(30)22-15-13-21(14-16-22)20-8-4-3-5-9-20/h3-6,8-10,12-16,23H,2,7,11,17-18H2,1H3. The number of para-hydroxylation sites is 1. The molecule has 32 heavy (non-hydrogen) atoms. The molecule has 0 aliphatic carbocycles. The highest BCUT2D eigenvalue weighted by atomic mass is 32.1. The number of carbonyl (C=O) groups is 1. The summed E-state index contributed by atoms with van der Waals surface area (Å²) in [6.45, 7) is 3.43. The first kappa shape index (κ1) is 20.9. The van der Waals surface area contributed by atoms with Crippen LogP contribution in [0, 0.1) is 0 Å². The highest BCUT2D eigenvalue weighted by Gasteiger charge is 2.27. The molecule has 0 N–H and O–H groups in total. The highest BCUT2D eigenvalue weighted by molar-refractivity contribution is 7.22. The van der Waals surface area contributed by atoms with E-state index in [-0.39, 0.29) is 12.0 Å². The molecule has 3 aromatic carbocycles. The van der Waals surface area contributed by atoms with Gasteiger partial charge in [0.05, 0.1) is 22.9 Å². The first-order valence-corrected chi connectivity index (χ1v) is 12.0. The smallest absolute Gasteiger partial charge is 0.260 e. The molecule has 5 rings (SSSR count). The summed E-state index contributed by atoms with van der Waals surface area (Å²) in [4.78, 5) is 20.4. The van der Waals surface area contributed by atoms with Crippen LogP contribution in [0.3, 0.4) is 0 Å². The van der Waals surface area contributed by atoms with Crippen molar-refractivity contribution in [3.8, 4) is 11.1 Å². The molecule has 1 aliphatic rings. The zero-order valence-electron chi connectivity index (χ0n) is 18.2. The third-order valence-corrected chi connectivity index (χ3v) is 7.04. The summed E-state index contributed by atoms with van der Waals surface area (Å²) in [6.07, 6.45) is 2.99. The topological polar surface area (TPSA) is 42.4 Å². The van der Waals surface area contributed by atoms with Crippen molar-refractivity contribution < 1.29 is 9.53 Å². The van der Waals surface area contributed by atoms with Gasteiger partial charge in [-0.3, -0.25) is 9.69 Å². The normalized spacial score (nSPS) is 15.8. The van der Waals surface area contributed by atoms with Crippen LogP contribution in [0.4, 0.5) is 5.13 Å². The van der Waals surface area contributed by atoms with E-state index in [2.05, 4.69) is 37.3 Å². The van der Waals surface area contributed by atoms with Gasteiger partial charge in [-0.05, 0) is 54.2 Å². The second-order valence-corrected chi connectivity index (χ2v) is 9.12. The Labute approximate surface area is 192 Å². The van der Waals surface area contributed by atoms with Gasteiger partial charge in [0.15, 0.2) is 5.13 Å². The Hall–Kier alpha value is -3.02. The highest BCUT2D eigenvalue weighted by Crippen LogP contribution is 2.33. The Kier molecular flexibility index (Phi) is 6.02. The minimum Gasteiger partial charge on any atom is -0.376 e. The fraction of sp³-hybridized carbons (Fsp3) is 0.259. The van der Waals surface area contributed by atoms with E-state index < -0.39 is 0 Å². The van der Waals surface area contributed by atoms with Gasteiger partial charge in [-0.15, -0.1) is 0 Å². The van der Waals surface area contributed by atoms with Crippen LogP contribution in [-0.2, 0) is 11.2 Å². The van der Waals surface area contributed by atoms with Crippen molar-refractivity contribution in [2.24, 2.45) is 0 Å². The van der Waals surface area contributed by atoms with E-state index in [0.29, 0.717) is 12.1 Å². The summed E-state index contributed by atoms with van der Waals surface area (Å²) in [5, 5.41) is 0.744. The molecule has 1 fully saturated rings. The second-order valence-electron chi connectivity index (χ2n) is 8.11. The monoisotopic (exact) mass is 442 g/mol. The lowest BCUT2D eigenvalue weighted by atomic mass is 10.0. The zero-order chi connectivity index (χ0) is 21.9. The van der Waals surface area contributed by atoms with Crippen LogP contribution in [0.15, 0.2) is 72.8 Å². The first-order valence-electron chi connectivity index (χ1n) is 11.2. The molecule has 0 saturated carbocycles. The summed E-state index contributed by atoms with van der Waals surface area (Å²) in [7, 11) is 0. The first-order chi connectivity index (χ1) is 15.7. The number of hydrogen-bond donors (Lipinski definition) is 0. The molecule has 4 aromatic rings. The maximum atomic E-state index is 13.6. The molecule has 0 radical (unpaired) electrons. The van der Waals surface area contributed by atoms with Gasteiger partial charge >= 0.3 is 0 Å². The molecule has 4 nitrogen and oxygen atoms in total. The number of aryl methyl sites for hydroxylation is 1. The lowest BCUT2D eigenvalue weighted by Crippen LogP contribution is -2.37. The average Bonchev–Trinajstić information content (AvgIpc) is 3.52. The summed E-state index contributed by atoms with van der Waals surface area (Å²) in [6, 6.07) is 24.3. The molecular formula is C27H26N2O2S. The number of carbonyl (C=O) groups excluding carboxylic acids is 1. The SMILES string of the molecule is CCc1cccc2sc(N(CC3CCCO3)C(=O)c3ccc(-c4ccccc4)cc3)nc12. The summed E-state index contributed by atoms with van der Waals surface area (Å²) in [5.41, 5.74) is 5.11. The number of aromatic nitrogens is 1. The van der Waals surface area contributed by atoms with Crippen molar-refractivity contribution in [2.45, 2.75) is 32.3 Å². The van der Waals surface area contributed by atoms with Crippen LogP contribution in [0.2, 0.25) is 0 Å². The maximum absolute atomic E-state index is 13.6. The number of rotatable bonds is 6. The Morgan fingerprint density at radius 1 is 1.03 bits per heavy atom. The molecule has 1 aromatic heterocycles. The molecule has 1 aliphatic heterocycles. The van der Waals surface area contributed by atoms with E-state index in [1.165, 1.54) is 5.56 Å². The molecule has 1 amide bonds. The molecule has 2 heterocycles.